The van der Waals surface area contributed by atoms with E-state index in [2.05, 4.69) is 15.5 Å². The van der Waals surface area contributed by atoms with Crippen molar-refractivity contribution in [2.24, 2.45) is 0 Å². The average molecular weight is 361 g/mol. The molecule has 3 fully saturated rings. The Bertz CT molecular complexity index is 706. The van der Waals surface area contributed by atoms with Crippen LogP contribution in [0.2, 0.25) is 0 Å². The maximum Gasteiger partial charge on any atom is 0.324 e. The number of nitrogens with one attached hydrogen (secondary N) is 1. The molecule has 0 bridgehead atoms. The van der Waals surface area contributed by atoms with Crippen LogP contribution in [0.15, 0.2) is 4.42 Å². The molecule has 3 aliphatic rings. The maximum atomic E-state index is 12.4. The number of nitrogens with zero attached hydrogens (tertiary/aromatic N) is 4. The second kappa shape index (κ2) is 7.05. The van der Waals surface area contributed by atoms with Crippen molar-refractivity contribution in [3.63, 3.8) is 0 Å². The van der Waals surface area contributed by atoms with Crippen molar-refractivity contribution in [3.05, 3.63) is 11.8 Å². The van der Waals surface area contributed by atoms with Crippen LogP contribution in [0, 0.1) is 0 Å². The minimum absolute atomic E-state index is 0.0392. The number of carbonyl (C=O) groups is 3. The molecule has 1 saturated carbocycles. The van der Waals surface area contributed by atoms with Gasteiger partial charge in [0.1, 0.15) is 0 Å². The summed E-state index contributed by atoms with van der Waals surface area (Å²) in [5.41, 5.74) is 0. The van der Waals surface area contributed by atoms with Gasteiger partial charge < -0.3 is 14.2 Å². The third kappa shape index (κ3) is 3.71. The Morgan fingerprint density at radius 3 is 2.31 bits per heavy atom. The van der Waals surface area contributed by atoms with E-state index >= 15 is 0 Å². The van der Waals surface area contributed by atoms with Gasteiger partial charge in [-0.3, -0.25) is 14.9 Å². The Morgan fingerprint density at radius 2 is 1.69 bits per heavy atom. The molecule has 4 rings (SSSR count). The summed E-state index contributed by atoms with van der Waals surface area (Å²) in [6.45, 7) is 2.04. The summed E-state index contributed by atoms with van der Waals surface area (Å²) in [6.07, 6.45) is 4.47. The van der Waals surface area contributed by atoms with Gasteiger partial charge in [0.05, 0.1) is 0 Å². The highest BCUT2D eigenvalue weighted by Gasteiger charge is 2.32. The number of amides is 4. The molecule has 1 aromatic heterocycles. The Labute approximate surface area is 151 Å². The number of piperidine rings is 1. The number of likely N-dealkylation sites (tertiary alicyclic amines) is 1. The molecule has 3 heterocycles. The molecule has 1 aromatic rings. The van der Waals surface area contributed by atoms with Crippen LogP contribution in [0.5, 0.6) is 0 Å². The molecule has 0 spiro atoms. The number of urea groups is 1. The zero-order valence-electron chi connectivity index (χ0n) is 14.6. The van der Waals surface area contributed by atoms with E-state index in [4.69, 9.17) is 4.42 Å². The van der Waals surface area contributed by atoms with Crippen molar-refractivity contribution in [3.8, 4) is 0 Å². The van der Waals surface area contributed by atoms with Crippen molar-refractivity contribution < 1.29 is 18.8 Å². The summed E-state index contributed by atoms with van der Waals surface area (Å²) in [5.74, 6) is 1.92. The predicted molar refractivity (Wildman–Crippen MR) is 89.2 cm³/mol. The molecule has 0 atom stereocenters. The van der Waals surface area contributed by atoms with Gasteiger partial charge in [-0.25, -0.2) is 4.79 Å². The summed E-state index contributed by atoms with van der Waals surface area (Å²) in [4.78, 5) is 38.6. The molecule has 1 aliphatic carbocycles. The van der Waals surface area contributed by atoms with E-state index in [0.29, 0.717) is 44.4 Å². The predicted octanol–water partition coefficient (Wildman–Crippen LogP) is 0.985. The minimum atomic E-state index is -0.407. The summed E-state index contributed by atoms with van der Waals surface area (Å²) < 4.78 is 5.79. The van der Waals surface area contributed by atoms with Crippen molar-refractivity contribution in [1.82, 2.24) is 25.3 Å². The topological polar surface area (TPSA) is 109 Å². The molecule has 1 N–H and O–H groups in total. The summed E-state index contributed by atoms with van der Waals surface area (Å²) >= 11 is 0. The molecule has 4 amide bonds. The first-order chi connectivity index (χ1) is 12.6. The average Bonchev–Trinajstić information content (AvgIpc) is 3.38. The highest BCUT2D eigenvalue weighted by Crippen LogP contribution is 2.40. The van der Waals surface area contributed by atoms with Crippen LogP contribution in [0.3, 0.4) is 0 Å². The van der Waals surface area contributed by atoms with Crippen molar-refractivity contribution in [2.75, 3.05) is 26.2 Å². The highest BCUT2D eigenvalue weighted by atomic mass is 16.4. The van der Waals surface area contributed by atoms with Gasteiger partial charge in [-0.05, 0) is 25.7 Å². The zero-order valence-corrected chi connectivity index (χ0v) is 14.6. The van der Waals surface area contributed by atoms with Crippen molar-refractivity contribution in [1.29, 1.82) is 0 Å². The summed E-state index contributed by atoms with van der Waals surface area (Å²) in [6, 6.07) is -0.407. The number of carbonyl (C=O) groups excluding carboxylic acids is 3. The van der Waals surface area contributed by atoms with Crippen molar-refractivity contribution >= 4 is 17.8 Å². The van der Waals surface area contributed by atoms with Crippen LogP contribution in [-0.2, 0) is 9.59 Å². The number of aromatic nitrogens is 2. The Morgan fingerprint density at radius 1 is 1.04 bits per heavy atom. The molecular weight excluding hydrogens is 338 g/mol. The third-order valence-corrected chi connectivity index (χ3v) is 5.32. The van der Waals surface area contributed by atoms with E-state index in [1.54, 1.807) is 0 Å². The Kier molecular flexibility index (Phi) is 4.60. The number of imide groups is 1. The molecule has 2 aliphatic heterocycles. The van der Waals surface area contributed by atoms with Gasteiger partial charge in [0.15, 0.2) is 0 Å². The molecule has 9 nitrogen and oxygen atoms in total. The Hall–Kier alpha value is -2.45. The minimum Gasteiger partial charge on any atom is -0.425 e. The standard InChI is InChI=1S/C17H23N5O4/c23-13-5-9-22(17(25)18-13)10-6-14(24)21-7-3-12(4-8-21)16-20-19-15(26-16)11-1-2-11/h11-12H,1-10H2,(H,18,23,25). The molecule has 0 unspecified atom stereocenters. The number of hydrogen-bond donors (Lipinski definition) is 1. The zero-order chi connectivity index (χ0) is 18.1. The largest absolute Gasteiger partial charge is 0.425 e. The van der Waals surface area contributed by atoms with Gasteiger partial charge in [0, 0.05) is 50.9 Å². The molecule has 0 aromatic carbocycles. The lowest BCUT2D eigenvalue weighted by molar-refractivity contribution is -0.132. The number of hydrogen-bond acceptors (Lipinski definition) is 6. The van der Waals surface area contributed by atoms with E-state index in [9.17, 15) is 14.4 Å². The fourth-order valence-corrected chi connectivity index (χ4v) is 3.48. The highest BCUT2D eigenvalue weighted by molar-refractivity contribution is 5.96. The monoisotopic (exact) mass is 361 g/mol. The maximum absolute atomic E-state index is 12.4. The smallest absolute Gasteiger partial charge is 0.324 e. The normalized spacial score (nSPS) is 21.8. The van der Waals surface area contributed by atoms with Crippen LogP contribution in [-0.4, -0.2) is 64.0 Å². The molecule has 26 heavy (non-hydrogen) atoms. The molecule has 140 valence electrons. The van der Waals surface area contributed by atoms with E-state index in [1.807, 2.05) is 4.90 Å². The molecular formula is C17H23N5O4. The summed E-state index contributed by atoms with van der Waals surface area (Å²) in [5, 5.41) is 10.6. The lowest BCUT2D eigenvalue weighted by Crippen LogP contribution is -2.50. The van der Waals surface area contributed by atoms with E-state index in [1.165, 1.54) is 4.90 Å². The second-order valence-electron chi connectivity index (χ2n) is 7.25. The van der Waals surface area contributed by atoms with Gasteiger partial charge in [-0.1, -0.05) is 0 Å². The second-order valence-corrected chi connectivity index (χ2v) is 7.25. The van der Waals surface area contributed by atoms with E-state index in [0.717, 1.165) is 31.6 Å². The molecule has 9 heteroatoms. The fraction of sp³-hybridized carbons (Fsp3) is 0.706. The van der Waals surface area contributed by atoms with Crippen LogP contribution < -0.4 is 5.32 Å². The SMILES string of the molecule is O=C1CCN(CCC(=O)N2CCC(c3nnc(C4CC4)o3)CC2)C(=O)N1. The van der Waals surface area contributed by atoms with Gasteiger partial charge in [0.25, 0.3) is 0 Å². The fourth-order valence-electron chi connectivity index (χ4n) is 3.48. The lowest BCUT2D eigenvalue weighted by atomic mass is 9.96. The first-order valence-corrected chi connectivity index (χ1v) is 9.30. The van der Waals surface area contributed by atoms with Gasteiger partial charge in [-0.2, -0.15) is 0 Å². The molecule has 0 radical (unpaired) electrons. The van der Waals surface area contributed by atoms with Crippen LogP contribution in [0.1, 0.15) is 62.1 Å². The van der Waals surface area contributed by atoms with E-state index < -0.39 is 6.03 Å². The van der Waals surface area contributed by atoms with Crippen LogP contribution >= 0.6 is 0 Å². The van der Waals surface area contributed by atoms with Gasteiger partial charge in [0.2, 0.25) is 23.6 Å². The van der Waals surface area contributed by atoms with Gasteiger partial charge >= 0.3 is 6.03 Å². The first kappa shape index (κ1) is 17.0. The van der Waals surface area contributed by atoms with Gasteiger partial charge in [-0.15, -0.1) is 10.2 Å². The van der Waals surface area contributed by atoms with Crippen LogP contribution in [0.4, 0.5) is 4.79 Å². The van der Waals surface area contributed by atoms with Crippen LogP contribution in [0.25, 0.3) is 0 Å². The third-order valence-electron chi connectivity index (χ3n) is 5.32. The number of rotatable bonds is 5. The Balaban J connectivity index is 1.23. The first-order valence-electron chi connectivity index (χ1n) is 9.30. The molecule has 2 saturated heterocycles. The lowest BCUT2D eigenvalue weighted by Gasteiger charge is -2.32. The van der Waals surface area contributed by atoms with Crippen molar-refractivity contribution in [2.45, 2.75) is 50.4 Å². The quantitative estimate of drug-likeness (QED) is 0.837. The summed E-state index contributed by atoms with van der Waals surface area (Å²) in [7, 11) is 0. The van der Waals surface area contributed by atoms with E-state index in [-0.39, 0.29) is 24.2 Å².